The Hall–Kier alpha value is -2.97. The van der Waals surface area contributed by atoms with Crippen LogP contribution in [-0.2, 0) is 9.84 Å². The Balaban J connectivity index is 1.69. The van der Waals surface area contributed by atoms with Crippen molar-refractivity contribution in [3.63, 3.8) is 0 Å². The summed E-state index contributed by atoms with van der Waals surface area (Å²) in [5, 5.41) is 3.12. The highest BCUT2D eigenvalue weighted by atomic mass is 32.2. The van der Waals surface area contributed by atoms with Gasteiger partial charge in [-0.15, -0.1) is 0 Å². The standard InChI is InChI=1S/C22H26N4O3S/c1-26(2)15-4-16-30(27,28)20-11-7-18(8-12-20)24-22-23-14-13-21(25-22)17-5-9-19(29-3)10-6-17/h5-14H,4,15-16H2,1-3H3,(H,23,24,25). The molecule has 0 aliphatic carbocycles. The topological polar surface area (TPSA) is 84.4 Å². The van der Waals surface area contributed by atoms with Gasteiger partial charge in [-0.05, 0) is 81.7 Å². The smallest absolute Gasteiger partial charge is 0.227 e. The number of anilines is 2. The van der Waals surface area contributed by atoms with Gasteiger partial charge in [0, 0.05) is 17.4 Å². The molecule has 0 spiro atoms. The molecule has 2 aromatic carbocycles. The van der Waals surface area contributed by atoms with Crippen LogP contribution in [0.4, 0.5) is 11.6 Å². The minimum absolute atomic E-state index is 0.130. The molecule has 0 bridgehead atoms. The molecule has 0 saturated heterocycles. The summed E-state index contributed by atoms with van der Waals surface area (Å²) in [5.41, 5.74) is 2.43. The molecule has 0 radical (unpaired) electrons. The number of sulfone groups is 1. The van der Waals surface area contributed by atoms with Gasteiger partial charge in [0.15, 0.2) is 9.84 Å². The maximum Gasteiger partial charge on any atom is 0.227 e. The Kier molecular flexibility index (Phi) is 7.02. The van der Waals surface area contributed by atoms with Gasteiger partial charge in [0.1, 0.15) is 5.75 Å². The number of methoxy groups -OCH3 is 1. The SMILES string of the molecule is COc1ccc(-c2ccnc(Nc3ccc(S(=O)(=O)CCCN(C)C)cc3)n2)cc1. The van der Waals surface area contributed by atoms with Gasteiger partial charge in [0.05, 0.1) is 23.5 Å². The molecule has 0 fully saturated rings. The zero-order chi connectivity index (χ0) is 21.6. The molecule has 0 amide bonds. The predicted molar refractivity (Wildman–Crippen MR) is 119 cm³/mol. The summed E-state index contributed by atoms with van der Waals surface area (Å²) in [6.07, 6.45) is 2.28. The monoisotopic (exact) mass is 426 g/mol. The van der Waals surface area contributed by atoms with Crippen molar-refractivity contribution in [2.75, 3.05) is 38.8 Å². The molecular weight excluding hydrogens is 400 g/mol. The quantitative estimate of drug-likeness (QED) is 0.559. The van der Waals surface area contributed by atoms with E-state index in [-0.39, 0.29) is 5.75 Å². The maximum absolute atomic E-state index is 12.5. The van der Waals surface area contributed by atoms with Crippen molar-refractivity contribution < 1.29 is 13.2 Å². The van der Waals surface area contributed by atoms with E-state index in [1.807, 2.05) is 49.3 Å². The number of nitrogens with one attached hydrogen (secondary N) is 1. The van der Waals surface area contributed by atoms with Gasteiger partial charge in [-0.25, -0.2) is 18.4 Å². The third-order valence-electron chi connectivity index (χ3n) is 4.53. The number of nitrogens with zero attached hydrogens (tertiary/aromatic N) is 3. The first-order valence-electron chi connectivity index (χ1n) is 9.59. The van der Waals surface area contributed by atoms with Crippen LogP contribution in [0.3, 0.4) is 0 Å². The van der Waals surface area contributed by atoms with E-state index in [1.165, 1.54) is 0 Å². The second-order valence-corrected chi connectivity index (χ2v) is 9.23. The van der Waals surface area contributed by atoms with E-state index >= 15 is 0 Å². The number of hydrogen-bond acceptors (Lipinski definition) is 7. The molecule has 0 aliphatic heterocycles. The molecule has 0 unspecified atom stereocenters. The lowest BCUT2D eigenvalue weighted by Gasteiger charge is -2.10. The summed E-state index contributed by atoms with van der Waals surface area (Å²) in [7, 11) is 2.20. The van der Waals surface area contributed by atoms with Crippen LogP contribution in [0.25, 0.3) is 11.3 Å². The van der Waals surface area contributed by atoms with Gasteiger partial charge in [-0.3, -0.25) is 0 Å². The van der Waals surface area contributed by atoms with Crippen LogP contribution in [0.2, 0.25) is 0 Å². The van der Waals surface area contributed by atoms with E-state index in [0.29, 0.717) is 23.0 Å². The van der Waals surface area contributed by atoms with Gasteiger partial charge < -0.3 is 15.0 Å². The fourth-order valence-corrected chi connectivity index (χ4v) is 4.20. The lowest BCUT2D eigenvalue weighted by Crippen LogP contribution is -2.17. The van der Waals surface area contributed by atoms with Crippen LogP contribution in [0.15, 0.2) is 65.7 Å². The van der Waals surface area contributed by atoms with Crippen LogP contribution in [0.1, 0.15) is 6.42 Å². The fraction of sp³-hybridized carbons (Fsp3) is 0.273. The molecule has 1 aromatic heterocycles. The molecule has 3 rings (SSSR count). The Labute approximate surface area is 177 Å². The largest absolute Gasteiger partial charge is 0.497 e. The zero-order valence-corrected chi connectivity index (χ0v) is 18.2. The normalized spacial score (nSPS) is 11.5. The third-order valence-corrected chi connectivity index (χ3v) is 6.35. The Morgan fingerprint density at radius 2 is 1.70 bits per heavy atom. The van der Waals surface area contributed by atoms with Crippen molar-refractivity contribution in [1.29, 1.82) is 0 Å². The first-order chi connectivity index (χ1) is 14.4. The number of aromatic nitrogens is 2. The molecule has 0 atom stereocenters. The lowest BCUT2D eigenvalue weighted by atomic mass is 10.1. The van der Waals surface area contributed by atoms with E-state index in [1.54, 1.807) is 37.6 Å². The molecule has 1 N–H and O–H groups in total. The molecule has 0 aliphatic rings. The molecule has 3 aromatic rings. The lowest BCUT2D eigenvalue weighted by molar-refractivity contribution is 0.408. The van der Waals surface area contributed by atoms with Gasteiger partial charge in [0.25, 0.3) is 0 Å². The molecule has 0 saturated carbocycles. The second-order valence-electron chi connectivity index (χ2n) is 7.12. The van der Waals surface area contributed by atoms with Gasteiger partial charge >= 0.3 is 0 Å². The number of benzene rings is 2. The van der Waals surface area contributed by atoms with E-state index in [4.69, 9.17) is 4.74 Å². The van der Waals surface area contributed by atoms with Crippen LogP contribution in [-0.4, -0.2) is 56.8 Å². The Morgan fingerprint density at radius 3 is 2.33 bits per heavy atom. The predicted octanol–water partition coefficient (Wildman–Crippen LogP) is 3.62. The second kappa shape index (κ2) is 9.69. The first-order valence-corrected chi connectivity index (χ1v) is 11.2. The fourth-order valence-electron chi connectivity index (χ4n) is 2.90. The molecule has 7 nitrogen and oxygen atoms in total. The molecule has 30 heavy (non-hydrogen) atoms. The third kappa shape index (κ3) is 5.77. The summed E-state index contributed by atoms with van der Waals surface area (Å²) < 4.78 is 30.1. The highest BCUT2D eigenvalue weighted by molar-refractivity contribution is 7.91. The van der Waals surface area contributed by atoms with Gasteiger partial charge in [-0.1, -0.05) is 0 Å². The zero-order valence-electron chi connectivity index (χ0n) is 17.4. The van der Waals surface area contributed by atoms with E-state index < -0.39 is 9.84 Å². The highest BCUT2D eigenvalue weighted by Crippen LogP contribution is 2.23. The summed E-state index contributed by atoms with van der Waals surface area (Å²) in [6.45, 7) is 0.737. The Morgan fingerprint density at radius 1 is 1.00 bits per heavy atom. The van der Waals surface area contributed by atoms with Crippen LogP contribution < -0.4 is 10.1 Å². The number of rotatable bonds is 9. The van der Waals surface area contributed by atoms with Gasteiger partial charge in [0.2, 0.25) is 5.95 Å². The van der Waals surface area contributed by atoms with Crippen molar-refractivity contribution in [3.05, 3.63) is 60.8 Å². The highest BCUT2D eigenvalue weighted by Gasteiger charge is 2.14. The minimum Gasteiger partial charge on any atom is -0.497 e. The van der Waals surface area contributed by atoms with E-state index in [0.717, 1.165) is 23.6 Å². The van der Waals surface area contributed by atoms with Crippen LogP contribution in [0, 0.1) is 0 Å². The van der Waals surface area contributed by atoms with Crippen molar-refractivity contribution >= 4 is 21.5 Å². The van der Waals surface area contributed by atoms with Gasteiger partial charge in [-0.2, -0.15) is 0 Å². The molecule has 1 heterocycles. The molecular formula is C22H26N4O3S. The van der Waals surface area contributed by atoms with E-state index in [9.17, 15) is 8.42 Å². The molecule has 158 valence electrons. The van der Waals surface area contributed by atoms with E-state index in [2.05, 4.69) is 15.3 Å². The maximum atomic E-state index is 12.5. The van der Waals surface area contributed by atoms with Crippen molar-refractivity contribution in [2.24, 2.45) is 0 Å². The average Bonchev–Trinajstić information content (AvgIpc) is 2.74. The van der Waals surface area contributed by atoms with Crippen LogP contribution in [0.5, 0.6) is 5.75 Å². The number of ether oxygens (including phenoxy) is 1. The summed E-state index contributed by atoms with van der Waals surface area (Å²) in [5.74, 6) is 1.35. The first kappa shape index (κ1) is 21.7. The molecule has 8 heteroatoms. The van der Waals surface area contributed by atoms with Crippen molar-refractivity contribution in [3.8, 4) is 17.0 Å². The van der Waals surface area contributed by atoms with Crippen molar-refractivity contribution in [2.45, 2.75) is 11.3 Å². The number of hydrogen-bond donors (Lipinski definition) is 1. The average molecular weight is 427 g/mol. The summed E-state index contributed by atoms with van der Waals surface area (Å²) >= 11 is 0. The minimum atomic E-state index is -3.29. The summed E-state index contributed by atoms with van der Waals surface area (Å²) in [6, 6.07) is 16.1. The summed E-state index contributed by atoms with van der Waals surface area (Å²) in [4.78, 5) is 11.1. The Bertz CT molecular complexity index is 1070. The van der Waals surface area contributed by atoms with Crippen molar-refractivity contribution in [1.82, 2.24) is 14.9 Å². The van der Waals surface area contributed by atoms with Crippen LogP contribution >= 0.6 is 0 Å².